The van der Waals surface area contributed by atoms with E-state index >= 15 is 0 Å². The van der Waals surface area contributed by atoms with Crippen LogP contribution < -0.4 is 0 Å². The summed E-state index contributed by atoms with van der Waals surface area (Å²) in [4.78, 5) is 21.2. The van der Waals surface area contributed by atoms with E-state index in [1.54, 1.807) is 0 Å². The first-order chi connectivity index (χ1) is 7.90. The van der Waals surface area contributed by atoms with Gasteiger partial charge in [0, 0.05) is 10.9 Å². The number of carboxylic acids is 2. The van der Waals surface area contributed by atoms with E-state index in [-0.39, 0.29) is 10.6 Å². The van der Waals surface area contributed by atoms with Gasteiger partial charge in [0.2, 0.25) is 0 Å². The Morgan fingerprint density at radius 3 is 2.24 bits per heavy atom. The third-order valence-corrected chi connectivity index (χ3v) is 2.48. The third kappa shape index (κ3) is 4.03. The first kappa shape index (κ1) is 13.4. The van der Waals surface area contributed by atoms with Crippen LogP contribution in [0.1, 0.15) is 24.3 Å². The van der Waals surface area contributed by atoms with Crippen molar-refractivity contribution in [3.8, 4) is 0 Å². The summed E-state index contributed by atoms with van der Waals surface area (Å²) in [7, 11) is 0. The van der Waals surface area contributed by atoms with Crippen LogP contribution in [0.5, 0.6) is 0 Å². The molecule has 92 valence electrons. The molecular formula is C11H10ClFO4. The summed E-state index contributed by atoms with van der Waals surface area (Å²) in [6.45, 7) is 0. The molecule has 0 heterocycles. The molecule has 17 heavy (non-hydrogen) atoms. The van der Waals surface area contributed by atoms with Gasteiger partial charge in [-0.3, -0.25) is 9.59 Å². The molecule has 0 aliphatic heterocycles. The lowest BCUT2D eigenvalue weighted by molar-refractivity contribution is -0.139. The van der Waals surface area contributed by atoms with Crippen molar-refractivity contribution in [2.75, 3.05) is 0 Å². The van der Waals surface area contributed by atoms with E-state index in [9.17, 15) is 14.0 Å². The van der Waals surface area contributed by atoms with Gasteiger partial charge in [0.25, 0.3) is 0 Å². The number of halogens is 2. The number of rotatable bonds is 5. The Morgan fingerprint density at radius 2 is 1.76 bits per heavy atom. The van der Waals surface area contributed by atoms with E-state index < -0.39 is 36.5 Å². The van der Waals surface area contributed by atoms with Gasteiger partial charge in [0.15, 0.2) is 0 Å². The van der Waals surface area contributed by atoms with E-state index in [2.05, 4.69) is 0 Å². The van der Waals surface area contributed by atoms with Crippen molar-refractivity contribution in [3.63, 3.8) is 0 Å². The van der Waals surface area contributed by atoms with Crippen LogP contribution in [0.3, 0.4) is 0 Å². The molecule has 6 heteroatoms. The quantitative estimate of drug-likeness (QED) is 0.853. The molecule has 0 saturated heterocycles. The average molecular weight is 261 g/mol. The number of carbonyl (C=O) groups is 2. The number of benzene rings is 1. The van der Waals surface area contributed by atoms with Gasteiger partial charge in [0.1, 0.15) is 5.82 Å². The standard InChI is InChI=1S/C11H10ClFO4/c12-7-1-2-9(13)8(5-7)6(3-10(14)15)4-11(16)17/h1-2,5-6H,3-4H2,(H,14,15)(H,16,17). The summed E-state index contributed by atoms with van der Waals surface area (Å²) in [6, 6.07) is 3.67. The average Bonchev–Trinajstić information content (AvgIpc) is 2.19. The Bertz CT molecular complexity index is 431. The zero-order valence-electron chi connectivity index (χ0n) is 8.69. The Kier molecular flexibility index (Phi) is 4.45. The molecular weight excluding hydrogens is 251 g/mol. The third-order valence-electron chi connectivity index (χ3n) is 2.24. The minimum atomic E-state index is -1.18. The van der Waals surface area contributed by atoms with Crippen LogP contribution in [0.25, 0.3) is 0 Å². The lowest BCUT2D eigenvalue weighted by Crippen LogP contribution is -2.12. The molecule has 0 unspecified atom stereocenters. The second kappa shape index (κ2) is 5.63. The van der Waals surface area contributed by atoms with Crippen molar-refractivity contribution >= 4 is 23.5 Å². The molecule has 0 amide bonds. The summed E-state index contributed by atoms with van der Waals surface area (Å²) >= 11 is 5.67. The summed E-state index contributed by atoms with van der Waals surface area (Å²) in [5.74, 6) is -3.95. The Hall–Kier alpha value is -1.62. The van der Waals surface area contributed by atoms with E-state index in [4.69, 9.17) is 21.8 Å². The van der Waals surface area contributed by atoms with Crippen molar-refractivity contribution < 1.29 is 24.2 Å². The highest BCUT2D eigenvalue weighted by molar-refractivity contribution is 6.30. The van der Waals surface area contributed by atoms with Gasteiger partial charge in [-0.2, -0.15) is 0 Å². The van der Waals surface area contributed by atoms with Gasteiger partial charge in [-0.25, -0.2) is 4.39 Å². The molecule has 0 fully saturated rings. The predicted molar refractivity (Wildman–Crippen MR) is 58.7 cm³/mol. The van der Waals surface area contributed by atoms with Crippen molar-refractivity contribution in [2.45, 2.75) is 18.8 Å². The van der Waals surface area contributed by atoms with Crippen molar-refractivity contribution in [2.24, 2.45) is 0 Å². The first-order valence-electron chi connectivity index (χ1n) is 4.78. The SMILES string of the molecule is O=C(O)CC(CC(=O)O)c1cc(Cl)ccc1F. The molecule has 1 aromatic rings. The molecule has 0 aromatic heterocycles. The molecule has 1 aromatic carbocycles. The van der Waals surface area contributed by atoms with E-state index in [0.29, 0.717) is 0 Å². The summed E-state index contributed by atoms with van der Waals surface area (Å²) < 4.78 is 13.5. The van der Waals surface area contributed by atoms with Crippen LogP contribution >= 0.6 is 11.6 Å². The van der Waals surface area contributed by atoms with Crippen LogP contribution in [0.2, 0.25) is 5.02 Å². The molecule has 0 aliphatic rings. The summed E-state index contributed by atoms with van der Waals surface area (Å²) in [6.07, 6.45) is -0.910. The highest BCUT2D eigenvalue weighted by atomic mass is 35.5. The lowest BCUT2D eigenvalue weighted by Gasteiger charge is -2.14. The van der Waals surface area contributed by atoms with Crippen LogP contribution in [-0.2, 0) is 9.59 Å². The van der Waals surface area contributed by atoms with Crippen LogP contribution in [-0.4, -0.2) is 22.2 Å². The molecule has 0 bridgehead atoms. The number of hydrogen-bond donors (Lipinski definition) is 2. The number of hydrogen-bond acceptors (Lipinski definition) is 2. The first-order valence-corrected chi connectivity index (χ1v) is 5.16. The normalized spacial score (nSPS) is 10.5. The Morgan fingerprint density at radius 1 is 1.24 bits per heavy atom. The van der Waals surface area contributed by atoms with E-state index in [1.807, 2.05) is 0 Å². The van der Waals surface area contributed by atoms with Crippen LogP contribution in [0.4, 0.5) is 4.39 Å². The monoisotopic (exact) mass is 260 g/mol. The molecule has 0 aliphatic carbocycles. The maximum absolute atomic E-state index is 13.5. The summed E-state index contributed by atoms with van der Waals surface area (Å²) in [5.41, 5.74) is 0.0160. The fraction of sp³-hybridized carbons (Fsp3) is 0.273. The Balaban J connectivity index is 3.06. The maximum atomic E-state index is 13.5. The van der Waals surface area contributed by atoms with Crippen LogP contribution in [0, 0.1) is 5.82 Å². The second-order valence-corrected chi connectivity index (χ2v) is 3.99. The van der Waals surface area contributed by atoms with Crippen molar-refractivity contribution in [1.29, 1.82) is 0 Å². The van der Waals surface area contributed by atoms with Gasteiger partial charge in [-0.1, -0.05) is 11.6 Å². The fourth-order valence-corrected chi connectivity index (χ4v) is 1.72. The highest BCUT2D eigenvalue weighted by Crippen LogP contribution is 2.28. The molecule has 4 nitrogen and oxygen atoms in total. The smallest absolute Gasteiger partial charge is 0.303 e. The predicted octanol–water partition coefficient (Wildman–Crippen LogP) is 2.51. The topological polar surface area (TPSA) is 74.6 Å². The molecule has 0 spiro atoms. The Labute approximate surface area is 102 Å². The number of aliphatic carboxylic acids is 2. The lowest BCUT2D eigenvalue weighted by atomic mass is 9.92. The minimum absolute atomic E-state index is 0.0160. The van der Waals surface area contributed by atoms with Crippen molar-refractivity contribution in [3.05, 3.63) is 34.6 Å². The van der Waals surface area contributed by atoms with E-state index in [0.717, 1.165) is 6.07 Å². The van der Waals surface area contributed by atoms with Gasteiger partial charge >= 0.3 is 11.9 Å². The molecule has 2 N–H and O–H groups in total. The zero-order valence-corrected chi connectivity index (χ0v) is 9.45. The fourth-order valence-electron chi connectivity index (χ4n) is 1.54. The van der Waals surface area contributed by atoms with E-state index in [1.165, 1.54) is 12.1 Å². The zero-order chi connectivity index (χ0) is 13.0. The van der Waals surface area contributed by atoms with Gasteiger partial charge < -0.3 is 10.2 Å². The highest BCUT2D eigenvalue weighted by Gasteiger charge is 2.22. The largest absolute Gasteiger partial charge is 0.481 e. The molecule has 1 rings (SSSR count). The molecule has 0 saturated carbocycles. The molecule has 0 atom stereocenters. The van der Waals surface area contributed by atoms with Crippen LogP contribution in [0.15, 0.2) is 18.2 Å². The second-order valence-electron chi connectivity index (χ2n) is 3.56. The summed E-state index contributed by atoms with van der Waals surface area (Å²) in [5, 5.41) is 17.6. The maximum Gasteiger partial charge on any atom is 0.303 e. The molecule has 0 radical (unpaired) electrons. The van der Waals surface area contributed by atoms with Gasteiger partial charge in [-0.15, -0.1) is 0 Å². The minimum Gasteiger partial charge on any atom is -0.481 e. The van der Waals surface area contributed by atoms with Gasteiger partial charge in [-0.05, 0) is 23.8 Å². The van der Waals surface area contributed by atoms with Gasteiger partial charge in [0.05, 0.1) is 12.8 Å². The van der Waals surface area contributed by atoms with Crippen molar-refractivity contribution in [1.82, 2.24) is 0 Å². The number of carboxylic acid groups (broad SMARTS) is 2.